The smallest absolute Gasteiger partial charge is 0.340 e. The molecule has 3 aromatic rings. The highest BCUT2D eigenvalue weighted by Crippen LogP contribution is 2.28. The number of ether oxygens (including phenoxy) is 2. The molecule has 30 heavy (non-hydrogen) atoms. The standard InChI is InChI=1S/C23H23ClO5S/c1-18-14-20(28-13-7-12-27-17-19-8-3-2-4-9-19)16-21(15-18)29-30(25,26)23-11-6-5-10-22(23)24/h2-6,8-11,14-16H,7,12-13,17H2,1H3. The number of hydrogen-bond acceptors (Lipinski definition) is 5. The Labute approximate surface area is 182 Å². The van der Waals surface area contributed by atoms with E-state index in [4.69, 9.17) is 25.3 Å². The molecule has 0 unspecified atom stereocenters. The minimum absolute atomic E-state index is 0.0776. The predicted molar refractivity (Wildman–Crippen MR) is 117 cm³/mol. The molecule has 0 aliphatic heterocycles. The molecule has 7 heteroatoms. The van der Waals surface area contributed by atoms with Crippen LogP contribution in [0.4, 0.5) is 0 Å². The number of aryl methyl sites for hydroxylation is 1. The Balaban J connectivity index is 1.53. The Morgan fingerprint density at radius 1 is 0.867 bits per heavy atom. The van der Waals surface area contributed by atoms with Crippen molar-refractivity contribution in [2.24, 2.45) is 0 Å². The van der Waals surface area contributed by atoms with E-state index in [0.717, 1.165) is 11.1 Å². The quantitative estimate of drug-likeness (QED) is 0.308. The molecule has 158 valence electrons. The highest BCUT2D eigenvalue weighted by molar-refractivity contribution is 7.87. The lowest BCUT2D eigenvalue weighted by atomic mass is 10.2. The monoisotopic (exact) mass is 446 g/mol. The summed E-state index contributed by atoms with van der Waals surface area (Å²) in [6.45, 7) is 3.40. The van der Waals surface area contributed by atoms with Crippen LogP contribution in [0.5, 0.6) is 11.5 Å². The van der Waals surface area contributed by atoms with Crippen LogP contribution in [0.3, 0.4) is 0 Å². The molecule has 0 aromatic heterocycles. The first kappa shape index (κ1) is 22.2. The van der Waals surface area contributed by atoms with Gasteiger partial charge in [0.25, 0.3) is 0 Å². The van der Waals surface area contributed by atoms with Crippen LogP contribution >= 0.6 is 11.6 Å². The summed E-state index contributed by atoms with van der Waals surface area (Å²) in [6.07, 6.45) is 0.703. The second-order valence-corrected chi connectivity index (χ2v) is 8.61. The van der Waals surface area contributed by atoms with E-state index in [0.29, 0.717) is 32.0 Å². The molecule has 0 N–H and O–H groups in total. The van der Waals surface area contributed by atoms with Crippen molar-refractivity contribution in [2.75, 3.05) is 13.2 Å². The Morgan fingerprint density at radius 3 is 2.33 bits per heavy atom. The van der Waals surface area contributed by atoms with Gasteiger partial charge in [0, 0.05) is 12.5 Å². The van der Waals surface area contributed by atoms with Crippen LogP contribution in [0.15, 0.2) is 77.7 Å². The minimum atomic E-state index is -4.04. The summed E-state index contributed by atoms with van der Waals surface area (Å²) in [5.74, 6) is 0.702. The summed E-state index contributed by atoms with van der Waals surface area (Å²) in [6, 6.07) is 21.1. The molecule has 0 bridgehead atoms. The third-order valence-corrected chi connectivity index (χ3v) is 5.90. The summed E-state index contributed by atoms with van der Waals surface area (Å²) < 4.78 is 41.7. The number of benzene rings is 3. The van der Waals surface area contributed by atoms with Crippen molar-refractivity contribution >= 4 is 21.7 Å². The SMILES string of the molecule is Cc1cc(OCCCOCc2ccccc2)cc(OS(=O)(=O)c2ccccc2Cl)c1. The molecule has 0 heterocycles. The highest BCUT2D eigenvalue weighted by atomic mass is 35.5. The van der Waals surface area contributed by atoms with Gasteiger partial charge in [-0.1, -0.05) is 54.1 Å². The first-order chi connectivity index (χ1) is 14.4. The van der Waals surface area contributed by atoms with Crippen LogP contribution in [0.2, 0.25) is 5.02 Å². The Kier molecular flexibility index (Phi) is 7.74. The van der Waals surface area contributed by atoms with Gasteiger partial charge in [-0.05, 0) is 42.3 Å². The summed E-state index contributed by atoms with van der Waals surface area (Å²) in [5.41, 5.74) is 1.94. The average molecular weight is 447 g/mol. The molecule has 0 amide bonds. The zero-order chi connectivity index (χ0) is 21.4. The number of rotatable bonds is 10. The van der Waals surface area contributed by atoms with E-state index in [9.17, 15) is 8.42 Å². The normalized spacial score (nSPS) is 11.3. The van der Waals surface area contributed by atoms with Gasteiger partial charge in [-0.2, -0.15) is 8.42 Å². The largest absolute Gasteiger partial charge is 0.493 e. The second-order valence-electron chi connectivity index (χ2n) is 6.69. The molecule has 3 aromatic carbocycles. The molecule has 0 saturated carbocycles. The van der Waals surface area contributed by atoms with Gasteiger partial charge >= 0.3 is 10.1 Å². The lowest BCUT2D eigenvalue weighted by Crippen LogP contribution is -2.10. The average Bonchev–Trinajstić information content (AvgIpc) is 2.71. The number of hydrogen-bond donors (Lipinski definition) is 0. The van der Waals surface area contributed by atoms with Gasteiger partial charge in [-0.15, -0.1) is 0 Å². The highest BCUT2D eigenvalue weighted by Gasteiger charge is 2.20. The molecule has 0 atom stereocenters. The van der Waals surface area contributed by atoms with Gasteiger partial charge in [-0.3, -0.25) is 0 Å². The fourth-order valence-electron chi connectivity index (χ4n) is 2.78. The molecule has 5 nitrogen and oxygen atoms in total. The molecule has 0 radical (unpaired) electrons. The van der Waals surface area contributed by atoms with Gasteiger partial charge < -0.3 is 13.7 Å². The summed E-state index contributed by atoms with van der Waals surface area (Å²) in [7, 11) is -4.04. The maximum absolute atomic E-state index is 12.5. The molecular formula is C23H23ClO5S. The Hall–Kier alpha value is -2.54. The van der Waals surface area contributed by atoms with E-state index in [1.54, 1.807) is 24.3 Å². The lowest BCUT2D eigenvalue weighted by Gasteiger charge is -2.12. The predicted octanol–water partition coefficient (Wildman–Crippen LogP) is 5.40. The van der Waals surface area contributed by atoms with Crippen molar-refractivity contribution in [3.05, 3.63) is 88.9 Å². The third kappa shape index (κ3) is 6.49. The van der Waals surface area contributed by atoms with E-state index < -0.39 is 10.1 Å². The molecule has 0 saturated heterocycles. The van der Waals surface area contributed by atoms with E-state index in [-0.39, 0.29) is 15.7 Å². The van der Waals surface area contributed by atoms with Crippen molar-refractivity contribution in [3.63, 3.8) is 0 Å². The van der Waals surface area contributed by atoms with E-state index in [1.807, 2.05) is 43.3 Å². The van der Waals surface area contributed by atoms with Gasteiger partial charge in [-0.25, -0.2) is 0 Å². The first-order valence-corrected chi connectivity index (χ1v) is 11.3. The molecule has 0 aliphatic carbocycles. The van der Waals surface area contributed by atoms with Crippen LogP contribution in [-0.2, 0) is 21.5 Å². The van der Waals surface area contributed by atoms with Crippen LogP contribution in [0.25, 0.3) is 0 Å². The molecule has 0 aliphatic rings. The van der Waals surface area contributed by atoms with Gasteiger partial charge in [0.1, 0.15) is 16.4 Å². The van der Waals surface area contributed by atoms with E-state index >= 15 is 0 Å². The fraction of sp³-hybridized carbons (Fsp3) is 0.217. The summed E-state index contributed by atoms with van der Waals surface area (Å²) >= 11 is 5.99. The minimum Gasteiger partial charge on any atom is -0.493 e. The first-order valence-electron chi connectivity index (χ1n) is 9.49. The van der Waals surface area contributed by atoms with Gasteiger partial charge in [0.15, 0.2) is 0 Å². The van der Waals surface area contributed by atoms with Crippen LogP contribution in [0.1, 0.15) is 17.5 Å². The van der Waals surface area contributed by atoms with Crippen molar-refractivity contribution in [3.8, 4) is 11.5 Å². The van der Waals surface area contributed by atoms with E-state index in [2.05, 4.69) is 0 Å². The maximum Gasteiger partial charge on any atom is 0.340 e. The Bertz CT molecular complexity index is 1070. The van der Waals surface area contributed by atoms with Crippen molar-refractivity contribution in [1.29, 1.82) is 0 Å². The number of halogens is 1. The summed E-state index contributed by atoms with van der Waals surface area (Å²) in [4.78, 5) is -0.0776. The zero-order valence-electron chi connectivity index (χ0n) is 16.6. The lowest BCUT2D eigenvalue weighted by molar-refractivity contribution is 0.107. The van der Waals surface area contributed by atoms with Gasteiger partial charge in [0.2, 0.25) is 0 Å². The van der Waals surface area contributed by atoms with Gasteiger partial charge in [0.05, 0.1) is 24.8 Å². The zero-order valence-corrected chi connectivity index (χ0v) is 18.2. The molecule has 3 rings (SSSR count). The fourth-order valence-corrected chi connectivity index (χ4v) is 4.19. The third-order valence-electron chi connectivity index (χ3n) is 4.15. The summed E-state index contributed by atoms with van der Waals surface area (Å²) in [5, 5.41) is 0.108. The maximum atomic E-state index is 12.5. The van der Waals surface area contributed by atoms with Crippen molar-refractivity contribution in [1.82, 2.24) is 0 Å². The topological polar surface area (TPSA) is 61.8 Å². The molecule has 0 fully saturated rings. The van der Waals surface area contributed by atoms with Crippen LogP contribution < -0.4 is 8.92 Å². The van der Waals surface area contributed by atoms with Crippen molar-refractivity contribution < 1.29 is 22.1 Å². The molecule has 0 spiro atoms. The Morgan fingerprint density at radius 2 is 1.57 bits per heavy atom. The second kappa shape index (κ2) is 10.5. The van der Waals surface area contributed by atoms with Crippen molar-refractivity contribution in [2.45, 2.75) is 24.8 Å². The van der Waals surface area contributed by atoms with E-state index in [1.165, 1.54) is 12.1 Å². The molecular weight excluding hydrogens is 424 g/mol. The van der Waals surface area contributed by atoms with Crippen LogP contribution in [-0.4, -0.2) is 21.6 Å². The van der Waals surface area contributed by atoms with Crippen LogP contribution in [0, 0.1) is 6.92 Å².